The molecular weight excluding hydrogens is 364 g/mol. The molecule has 1 saturated heterocycles. The number of hydrogen-bond acceptors (Lipinski definition) is 5. The lowest BCUT2D eigenvalue weighted by atomic mass is 9.95. The molecule has 148 valence electrons. The van der Waals surface area contributed by atoms with Crippen molar-refractivity contribution in [3.63, 3.8) is 0 Å². The van der Waals surface area contributed by atoms with Crippen molar-refractivity contribution in [3.05, 3.63) is 29.5 Å². The van der Waals surface area contributed by atoms with E-state index < -0.39 is 10.2 Å². The van der Waals surface area contributed by atoms with Gasteiger partial charge in [-0.25, -0.2) is 4.98 Å². The van der Waals surface area contributed by atoms with Gasteiger partial charge in [0.05, 0.1) is 23.3 Å². The van der Waals surface area contributed by atoms with Crippen LogP contribution in [0.5, 0.6) is 0 Å². The molecule has 9 heteroatoms. The third kappa shape index (κ3) is 4.04. The maximum Gasteiger partial charge on any atom is 0.281 e. The van der Waals surface area contributed by atoms with E-state index >= 15 is 0 Å². The quantitative estimate of drug-likeness (QED) is 0.771. The first-order valence-corrected chi connectivity index (χ1v) is 10.6. The van der Waals surface area contributed by atoms with Crippen LogP contribution in [0, 0.1) is 19.8 Å². The monoisotopic (exact) mass is 392 g/mol. The Labute approximate surface area is 161 Å². The van der Waals surface area contributed by atoms with Gasteiger partial charge in [0.2, 0.25) is 0 Å². The average Bonchev–Trinajstić information content (AvgIpc) is 2.87. The molecule has 0 aliphatic carbocycles. The summed E-state index contributed by atoms with van der Waals surface area (Å²) in [7, 11) is 1.71. The van der Waals surface area contributed by atoms with E-state index in [1.807, 2.05) is 25.6 Å². The van der Waals surface area contributed by atoms with E-state index in [-0.39, 0.29) is 5.92 Å². The number of rotatable bonds is 5. The lowest BCUT2D eigenvalue weighted by molar-refractivity contribution is 0.253. The zero-order valence-corrected chi connectivity index (χ0v) is 17.5. The van der Waals surface area contributed by atoms with Crippen LogP contribution in [-0.2, 0) is 23.7 Å². The summed E-state index contributed by atoms with van der Waals surface area (Å²) in [5.74, 6) is 0.245. The first-order chi connectivity index (χ1) is 12.7. The van der Waals surface area contributed by atoms with Gasteiger partial charge in [-0.2, -0.15) is 22.1 Å². The highest BCUT2D eigenvalue weighted by Crippen LogP contribution is 2.26. The minimum atomic E-state index is -3.37. The topological polar surface area (TPSA) is 84.2 Å². The van der Waals surface area contributed by atoms with E-state index in [1.54, 1.807) is 30.8 Å². The van der Waals surface area contributed by atoms with Gasteiger partial charge in [0, 0.05) is 51.7 Å². The molecule has 2 aromatic heterocycles. The highest BCUT2D eigenvalue weighted by Gasteiger charge is 2.30. The van der Waals surface area contributed by atoms with Gasteiger partial charge in [0.15, 0.2) is 0 Å². The zero-order chi connectivity index (χ0) is 19.8. The first kappa shape index (κ1) is 19.9. The van der Waals surface area contributed by atoms with Crippen LogP contribution < -0.4 is 0 Å². The fourth-order valence-electron chi connectivity index (χ4n) is 3.70. The van der Waals surface area contributed by atoms with Crippen LogP contribution in [0.2, 0.25) is 0 Å². The molecule has 3 rings (SSSR count). The number of aromatic nitrogens is 4. The molecular formula is C18H28N6O2S. The summed E-state index contributed by atoms with van der Waals surface area (Å²) in [6, 6.07) is 0. The molecule has 0 spiro atoms. The van der Waals surface area contributed by atoms with Crippen molar-refractivity contribution >= 4 is 10.2 Å². The summed E-state index contributed by atoms with van der Waals surface area (Å²) in [5.41, 5.74) is 4.72. The fourth-order valence-corrected chi connectivity index (χ4v) is 4.92. The third-order valence-corrected chi connectivity index (χ3v) is 7.12. The molecule has 8 nitrogen and oxygen atoms in total. The molecule has 0 unspecified atom stereocenters. The van der Waals surface area contributed by atoms with Crippen LogP contribution in [0.3, 0.4) is 0 Å². The molecule has 0 amide bonds. The van der Waals surface area contributed by atoms with E-state index in [2.05, 4.69) is 10.1 Å². The SMILES string of the molecule is Cc1nn(C)c(C)c1-c1cncc(C[C@H]2CCCN(S(=O)(=O)N(C)C)C2)n1. The molecule has 1 atom stereocenters. The second-order valence-electron chi connectivity index (χ2n) is 7.43. The Morgan fingerprint density at radius 1 is 1.26 bits per heavy atom. The minimum Gasteiger partial charge on any atom is -0.272 e. The fraction of sp³-hybridized carbons (Fsp3) is 0.611. The van der Waals surface area contributed by atoms with E-state index in [1.165, 1.54) is 4.31 Å². The summed E-state index contributed by atoms with van der Waals surface area (Å²) < 4.78 is 29.5. The molecule has 0 N–H and O–H groups in total. The molecule has 3 heterocycles. The van der Waals surface area contributed by atoms with Gasteiger partial charge < -0.3 is 0 Å². The van der Waals surface area contributed by atoms with Crippen LogP contribution in [0.25, 0.3) is 11.3 Å². The van der Waals surface area contributed by atoms with Gasteiger partial charge in [-0.1, -0.05) is 0 Å². The highest BCUT2D eigenvalue weighted by atomic mass is 32.2. The molecule has 27 heavy (non-hydrogen) atoms. The normalized spacial score (nSPS) is 19.0. The van der Waals surface area contributed by atoms with E-state index in [0.29, 0.717) is 13.1 Å². The number of piperidine rings is 1. The van der Waals surface area contributed by atoms with Crippen LogP contribution in [0.1, 0.15) is 29.9 Å². The number of nitrogens with zero attached hydrogens (tertiary/aromatic N) is 6. The minimum absolute atomic E-state index is 0.245. The number of aryl methyl sites for hydroxylation is 2. The van der Waals surface area contributed by atoms with Gasteiger partial charge >= 0.3 is 0 Å². The maximum absolute atomic E-state index is 12.4. The third-order valence-electron chi connectivity index (χ3n) is 5.22. The summed E-state index contributed by atoms with van der Waals surface area (Å²) in [6.45, 7) is 5.10. The van der Waals surface area contributed by atoms with Gasteiger partial charge in [-0.3, -0.25) is 9.67 Å². The summed E-state index contributed by atoms with van der Waals surface area (Å²) in [6.07, 6.45) is 6.13. The van der Waals surface area contributed by atoms with Crippen molar-refractivity contribution in [3.8, 4) is 11.3 Å². The predicted molar refractivity (Wildman–Crippen MR) is 104 cm³/mol. The summed E-state index contributed by atoms with van der Waals surface area (Å²) in [5, 5.41) is 4.46. The molecule has 0 aromatic carbocycles. The van der Waals surface area contributed by atoms with E-state index in [4.69, 9.17) is 4.98 Å². The van der Waals surface area contributed by atoms with E-state index in [0.717, 1.165) is 47.6 Å². The molecule has 0 saturated carbocycles. The van der Waals surface area contributed by atoms with Crippen molar-refractivity contribution in [1.82, 2.24) is 28.4 Å². The second kappa shape index (κ2) is 7.65. The molecule has 0 radical (unpaired) electrons. The van der Waals surface area contributed by atoms with Crippen molar-refractivity contribution < 1.29 is 8.42 Å². The Hall–Kier alpha value is -1.84. The predicted octanol–water partition coefficient (Wildman–Crippen LogP) is 1.55. The van der Waals surface area contributed by atoms with Gasteiger partial charge in [-0.05, 0) is 39.0 Å². The Bertz CT molecular complexity index is 922. The van der Waals surface area contributed by atoms with Crippen molar-refractivity contribution in [2.45, 2.75) is 33.1 Å². The van der Waals surface area contributed by atoms with Crippen LogP contribution in [-0.4, -0.2) is 64.0 Å². The Morgan fingerprint density at radius 3 is 2.63 bits per heavy atom. The Balaban J connectivity index is 1.79. The largest absolute Gasteiger partial charge is 0.281 e. The molecule has 1 aliphatic rings. The summed E-state index contributed by atoms with van der Waals surface area (Å²) in [4.78, 5) is 9.17. The number of hydrogen-bond donors (Lipinski definition) is 0. The first-order valence-electron chi connectivity index (χ1n) is 9.19. The molecule has 1 aliphatic heterocycles. The van der Waals surface area contributed by atoms with Gasteiger partial charge in [-0.15, -0.1) is 0 Å². The second-order valence-corrected chi connectivity index (χ2v) is 9.57. The average molecular weight is 393 g/mol. The molecule has 1 fully saturated rings. The Morgan fingerprint density at radius 2 is 2.00 bits per heavy atom. The van der Waals surface area contributed by atoms with Crippen molar-refractivity contribution in [2.24, 2.45) is 13.0 Å². The van der Waals surface area contributed by atoms with Crippen LogP contribution in [0.4, 0.5) is 0 Å². The molecule has 0 bridgehead atoms. The van der Waals surface area contributed by atoms with Gasteiger partial charge in [0.25, 0.3) is 10.2 Å². The smallest absolute Gasteiger partial charge is 0.272 e. The van der Waals surface area contributed by atoms with Gasteiger partial charge in [0.1, 0.15) is 0 Å². The Kier molecular flexibility index (Phi) is 5.64. The van der Waals surface area contributed by atoms with Crippen LogP contribution >= 0.6 is 0 Å². The van der Waals surface area contributed by atoms with E-state index in [9.17, 15) is 8.42 Å². The lowest BCUT2D eigenvalue weighted by Crippen LogP contribution is -2.45. The maximum atomic E-state index is 12.4. The standard InChI is InChI=1S/C18H28N6O2S/c1-13-18(14(2)23(5)21-13)17-11-19-10-16(20-17)9-15-7-6-8-24(12-15)27(25,26)22(3)4/h10-11,15H,6-9,12H2,1-5H3/t15-/m1/s1. The molecule has 2 aromatic rings. The van der Waals surface area contributed by atoms with Crippen LogP contribution in [0.15, 0.2) is 12.4 Å². The lowest BCUT2D eigenvalue weighted by Gasteiger charge is -2.33. The van der Waals surface area contributed by atoms with Crippen molar-refractivity contribution in [1.29, 1.82) is 0 Å². The van der Waals surface area contributed by atoms with Crippen molar-refractivity contribution in [2.75, 3.05) is 27.2 Å². The highest BCUT2D eigenvalue weighted by molar-refractivity contribution is 7.86. The summed E-state index contributed by atoms with van der Waals surface area (Å²) >= 11 is 0. The zero-order valence-electron chi connectivity index (χ0n) is 16.7.